The van der Waals surface area contributed by atoms with Gasteiger partial charge in [-0.2, -0.15) is 8.78 Å². The van der Waals surface area contributed by atoms with E-state index in [-0.39, 0.29) is 23.7 Å². The lowest BCUT2D eigenvalue weighted by atomic mass is 10.0. The highest BCUT2D eigenvalue weighted by Crippen LogP contribution is 2.34. The fourth-order valence-corrected chi connectivity index (χ4v) is 3.20. The van der Waals surface area contributed by atoms with E-state index in [1.165, 1.54) is 42.5 Å². The van der Waals surface area contributed by atoms with Crippen molar-refractivity contribution in [2.75, 3.05) is 6.61 Å². The van der Waals surface area contributed by atoms with Crippen LogP contribution in [0.15, 0.2) is 67.3 Å². The van der Waals surface area contributed by atoms with Gasteiger partial charge in [-0.15, -0.1) is 0 Å². The summed E-state index contributed by atoms with van der Waals surface area (Å²) in [5, 5.41) is 1.10. The van der Waals surface area contributed by atoms with E-state index in [1.807, 2.05) is 0 Å². The van der Waals surface area contributed by atoms with Gasteiger partial charge in [0.15, 0.2) is 11.6 Å². The molecule has 5 heteroatoms. The number of alkyl halides is 2. The molecule has 158 valence electrons. The number of halogens is 3. The zero-order chi connectivity index (χ0) is 21.6. The van der Waals surface area contributed by atoms with Gasteiger partial charge in [-0.3, -0.25) is 0 Å². The lowest BCUT2D eigenvalue weighted by molar-refractivity contribution is -0.185. The number of ether oxygens (including phenoxy) is 2. The molecule has 0 atom stereocenters. The summed E-state index contributed by atoms with van der Waals surface area (Å²) >= 11 is 0. The number of unbranched alkanes of at least 4 members (excludes halogenated alkanes) is 2. The van der Waals surface area contributed by atoms with Crippen LogP contribution in [0.5, 0.6) is 11.5 Å². The molecule has 0 spiro atoms. The second-order valence-electron chi connectivity index (χ2n) is 7.16. The van der Waals surface area contributed by atoms with Gasteiger partial charge in [0.25, 0.3) is 0 Å². The molecule has 3 rings (SSSR count). The van der Waals surface area contributed by atoms with Crippen molar-refractivity contribution >= 4 is 10.8 Å². The molecule has 0 amide bonds. The largest absolute Gasteiger partial charge is 0.486 e. The number of rotatable bonds is 10. The lowest BCUT2D eigenvalue weighted by Gasteiger charge is -2.19. The second-order valence-corrected chi connectivity index (χ2v) is 7.16. The van der Waals surface area contributed by atoms with E-state index in [4.69, 9.17) is 9.47 Å². The van der Waals surface area contributed by atoms with Crippen LogP contribution in [0.3, 0.4) is 0 Å². The smallest absolute Gasteiger partial charge is 0.426 e. The third-order valence-electron chi connectivity index (χ3n) is 4.82. The van der Waals surface area contributed by atoms with Gasteiger partial charge in [0, 0.05) is 0 Å². The molecule has 3 aromatic carbocycles. The summed E-state index contributed by atoms with van der Waals surface area (Å²) in [6.45, 7) is 5.82. The van der Waals surface area contributed by atoms with Crippen molar-refractivity contribution in [2.24, 2.45) is 0 Å². The summed E-state index contributed by atoms with van der Waals surface area (Å²) in [5.41, 5.74) is 0.805. The Kier molecular flexibility index (Phi) is 7.03. The molecular formula is C25H25F3O2. The van der Waals surface area contributed by atoms with E-state index < -0.39 is 11.9 Å². The predicted molar refractivity (Wildman–Crippen MR) is 114 cm³/mol. The minimum absolute atomic E-state index is 0.0429. The molecule has 2 nitrogen and oxygen atoms in total. The topological polar surface area (TPSA) is 18.5 Å². The molecule has 0 aliphatic rings. The van der Waals surface area contributed by atoms with Gasteiger partial charge in [-0.25, -0.2) is 4.39 Å². The zero-order valence-corrected chi connectivity index (χ0v) is 17.0. The Hall–Kier alpha value is -2.95. The summed E-state index contributed by atoms with van der Waals surface area (Å²) < 4.78 is 53.7. The Morgan fingerprint density at radius 1 is 0.967 bits per heavy atom. The average Bonchev–Trinajstić information content (AvgIpc) is 2.72. The Morgan fingerprint density at radius 3 is 2.43 bits per heavy atom. The second kappa shape index (κ2) is 9.70. The van der Waals surface area contributed by atoms with Crippen molar-refractivity contribution in [2.45, 2.75) is 38.7 Å². The standard InChI is InChI=1S/C25H25F3O2/c1-3-5-6-7-18-8-11-21(12-9-18)25(27,28)30-22-13-10-19-17-24(29-14-4-2)23(26)16-20(19)15-22/h4,8-13,15-17H,2-3,5-7,14H2,1H3. The molecule has 0 bridgehead atoms. The molecule has 0 radical (unpaired) electrons. The average molecular weight is 414 g/mol. The van der Waals surface area contributed by atoms with Crippen LogP contribution in [-0.2, 0) is 12.5 Å². The monoisotopic (exact) mass is 414 g/mol. The van der Waals surface area contributed by atoms with Crippen LogP contribution in [0.25, 0.3) is 10.8 Å². The van der Waals surface area contributed by atoms with E-state index >= 15 is 0 Å². The van der Waals surface area contributed by atoms with Crippen LogP contribution < -0.4 is 9.47 Å². The van der Waals surface area contributed by atoms with Crippen LogP contribution >= 0.6 is 0 Å². The molecular weight excluding hydrogens is 389 g/mol. The first-order chi connectivity index (χ1) is 14.4. The van der Waals surface area contributed by atoms with Gasteiger partial charge in [0.1, 0.15) is 12.4 Å². The molecule has 0 saturated heterocycles. The van der Waals surface area contributed by atoms with Gasteiger partial charge in [0.2, 0.25) is 0 Å². The fourth-order valence-electron chi connectivity index (χ4n) is 3.20. The first-order valence-electron chi connectivity index (χ1n) is 10.1. The molecule has 30 heavy (non-hydrogen) atoms. The maximum atomic E-state index is 14.6. The van der Waals surface area contributed by atoms with Gasteiger partial charge in [-0.1, -0.05) is 50.6 Å². The van der Waals surface area contributed by atoms with E-state index in [0.29, 0.717) is 10.8 Å². The van der Waals surface area contributed by atoms with Gasteiger partial charge < -0.3 is 9.47 Å². The van der Waals surface area contributed by atoms with Gasteiger partial charge in [-0.05, 0) is 65.6 Å². The SMILES string of the molecule is C=CCOc1cc2ccc(OC(F)(F)c3ccc(CCCCC)cc3)cc2cc1F. The number of hydrogen-bond donors (Lipinski definition) is 0. The molecule has 0 aliphatic heterocycles. The number of aryl methyl sites for hydroxylation is 1. The number of benzene rings is 3. The first kappa shape index (κ1) is 21.8. The molecule has 0 aromatic heterocycles. The van der Waals surface area contributed by atoms with Crippen LogP contribution in [0, 0.1) is 5.82 Å². The van der Waals surface area contributed by atoms with Crippen molar-refractivity contribution in [1.82, 2.24) is 0 Å². The lowest BCUT2D eigenvalue weighted by Crippen LogP contribution is -2.21. The highest BCUT2D eigenvalue weighted by Gasteiger charge is 2.34. The summed E-state index contributed by atoms with van der Waals surface area (Å²) in [7, 11) is 0. The van der Waals surface area contributed by atoms with Crippen molar-refractivity contribution < 1.29 is 22.6 Å². The first-order valence-corrected chi connectivity index (χ1v) is 10.1. The molecule has 0 saturated carbocycles. The third-order valence-corrected chi connectivity index (χ3v) is 4.82. The molecule has 0 heterocycles. The summed E-state index contributed by atoms with van der Waals surface area (Å²) in [6, 6.07) is 13.4. The molecule has 0 N–H and O–H groups in total. The fraction of sp³-hybridized carbons (Fsp3) is 0.280. The van der Waals surface area contributed by atoms with E-state index in [0.717, 1.165) is 31.2 Å². The highest BCUT2D eigenvalue weighted by atomic mass is 19.3. The Balaban J connectivity index is 1.76. The zero-order valence-electron chi connectivity index (χ0n) is 17.0. The Labute approximate surface area is 174 Å². The predicted octanol–water partition coefficient (Wildman–Crippen LogP) is 7.40. The summed E-state index contributed by atoms with van der Waals surface area (Å²) in [6.07, 6.45) is 2.15. The van der Waals surface area contributed by atoms with Crippen LogP contribution in [0.1, 0.15) is 37.3 Å². The van der Waals surface area contributed by atoms with Crippen molar-refractivity contribution in [3.05, 3.63) is 84.2 Å². The van der Waals surface area contributed by atoms with Gasteiger partial charge in [0.05, 0.1) is 5.56 Å². The van der Waals surface area contributed by atoms with Crippen molar-refractivity contribution in [1.29, 1.82) is 0 Å². The molecule has 0 fully saturated rings. The van der Waals surface area contributed by atoms with E-state index in [9.17, 15) is 13.2 Å². The van der Waals surface area contributed by atoms with Gasteiger partial charge >= 0.3 is 6.11 Å². The number of fused-ring (bicyclic) bond motifs is 1. The molecule has 0 unspecified atom stereocenters. The van der Waals surface area contributed by atoms with Crippen molar-refractivity contribution in [3.8, 4) is 11.5 Å². The quantitative estimate of drug-likeness (QED) is 0.254. The normalized spacial score (nSPS) is 11.5. The van der Waals surface area contributed by atoms with Crippen LogP contribution in [-0.4, -0.2) is 6.61 Å². The van der Waals surface area contributed by atoms with Crippen molar-refractivity contribution in [3.63, 3.8) is 0 Å². The number of hydrogen-bond acceptors (Lipinski definition) is 2. The highest BCUT2D eigenvalue weighted by molar-refractivity contribution is 5.85. The summed E-state index contributed by atoms with van der Waals surface area (Å²) in [4.78, 5) is 0. The Morgan fingerprint density at radius 2 is 1.73 bits per heavy atom. The maximum Gasteiger partial charge on any atom is 0.426 e. The van der Waals surface area contributed by atoms with Crippen LogP contribution in [0.2, 0.25) is 0 Å². The minimum atomic E-state index is -3.50. The van der Waals surface area contributed by atoms with Crippen LogP contribution in [0.4, 0.5) is 13.2 Å². The minimum Gasteiger partial charge on any atom is -0.486 e. The maximum absolute atomic E-state index is 14.6. The Bertz CT molecular complexity index is 997. The summed E-state index contributed by atoms with van der Waals surface area (Å²) in [5.74, 6) is -0.536. The van der Waals surface area contributed by atoms with E-state index in [2.05, 4.69) is 13.5 Å². The molecule has 0 aliphatic carbocycles. The third kappa shape index (κ3) is 5.35. The van der Waals surface area contributed by atoms with E-state index in [1.54, 1.807) is 18.2 Å². The molecule has 3 aromatic rings.